The van der Waals surface area contributed by atoms with Gasteiger partial charge in [0.1, 0.15) is 5.82 Å². The van der Waals surface area contributed by atoms with Gasteiger partial charge in [-0.1, -0.05) is 35.9 Å². The van der Waals surface area contributed by atoms with Gasteiger partial charge in [-0.05, 0) is 36.8 Å². The van der Waals surface area contributed by atoms with Crippen LogP contribution < -0.4 is 10.6 Å². The molecule has 0 radical (unpaired) electrons. The van der Waals surface area contributed by atoms with Gasteiger partial charge in [0.05, 0.1) is 5.56 Å². The number of aryl methyl sites for hydroxylation is 1. The molecule has 0 saturated carbocycles. The molecule has 0 aliphatic rings. The number of hydrogen-bond acceptors (Lipinski definition) is 4. The van der Waals surface area contributed by atoms with Crippen molar-refractivity contribution in [3.8, 4) is 0 Å². The summed E-state index contributed by atoms with van der Waals surface area (Å²) < 4.78 is 38.6. The summed E-state index contributed by atoms with van der Waals surface area (Å²) in [7, 11) is 0. The van der Waals surface area contributed by atoms with Crippen molar-refractivity contribution in [1.82, 2.24) is 9.97 Å². The predicted octanol–water partition coefficient (Wildman–Crippen LogP) is 5.81. The highest BCUT2D eigenvalue weighted by atomic mass is 35.5. The Morgan fingerprint density at radius 2 is 1.78 bits per heavy atom. The third kappa shape index (κ3) is 5.10. The molecule has 0 bridgehead atoms. The van der Waals surface area contributed by atoms with Gasteiger partial charge >= 0.3 is 6.18 Å². The third-order valence-electron chi connectivity index (χ3n) is 3.71. The molecular weight excluding hydrogens is 377 g/mol. The highest BCUT2D eigenvalue weighted by molar-refractivity contribution is 6.31. The first kappa shape index (κ1) is 19.0. The Labute approximate surface area is 159 Å². The van der Waals surface area contributed by atoms with E-state index in [1.54, 1.807) is 25.1 Å². The number of halogens is 4. The number of rotatable bonds is 5. The van der Waals surface area contributed by atoms with Crippen LogP contribution >= 0.6 is 11.6 Å². The molecule has 8 heteroatoms. The fraction of sp³-hybridized carbons (Fsp3) is 0.158. The van der Waals surface area contributed by atoms with Crippen LogP contribution in [0.15, 0.2) is 54.6 Å². The third-order valence-corrected chi connectivity index (χ3v) is 4.08. The first-order valence-corrected chi connectivity index (χ1v) is 8.46. The number of hydrogen-bond donors (Lipinski definition) is 2. The molecule has 3 rings (SSSR count). The Morgan fingerprint density at radius 3 is 2.52 bits per heavy atom. The van der Waals surface area contributed by atoms with Crippen LogP contribution in [-0.2, 0) is 12.7 Å². The summed E-state index contributed by atoms with van der Waals surface area (Å²) in [6.07, 6.45) is -4.40. The molecule has 0 amide bonds. The fourth-order valence-corrected chi connectivity index (χ4v) is 2.65. The van der Waals surface area contributed by atoms with E-state index in [4.69, 9.17) is 11.6 Å². The quantitative estimate of drug-likeness (QED) is 0.575. The predicted molar refractivity (Wildman–Crippen MR) is 100 cm³/mol. The fourth-order valence-electron chi connectivity index (χ4n) is 2.45. The first-order chi connectivity index (χ1) is 12.8. The Kier molecular flexibility index (Phi) is 5.51. The molecular formula is C19H16ClF3N4. The summed E-state index contributed by atoms with van der Waals surface area (Å²) in [5.41, 5.74) is 1.12. The van der Waals surface area contributed by atoms with Crippen LogP contribution in [0, 0.1) is 6.92 Å². The average Bonchev–Trinajstić information content (AvgIpc) is 2.60. The molecule has 4 nitrogen and oxygen atoms in total. The summed E-state index contributed by atoms with van der Waals surface area (Å²) in [4.78, 5) is 8.60. The topological polar surface area (TPSA) is 49.8 Å². The minimum absolute atomic E-state index is 0.292. The average molecular weight is 393 g/mol. The van der Waals surface area contributed by atoms with Gasteiger partial charge in [0, 0.05) is 29.0 Å². The maximum atomic E-state index is 12.9. The number of nitrogens with one attached hydrogen (secondary N) is 2. The molecule has 0 spiro atoms. The van der Waals surface area contributed by atoms with Crippen molar-refractivity contribution in [2.45, 2.75) is 19.6 Å². The zero-order chi connectivity index (χ0) is 19.4. The highest BCUT2D eigenvalue weighted by Gasteiger charge is 2.30. The van der Waals surface area contributed by atoms with Crippen LogP contribution in [0.5, 0.6) is 0 Å². The van der Waals surface area contributed by atoms with Crippen molar-refractivity contribution in [3.05, 3.63) is 76.4 Å². The minimum atomic E-state index is -4.40. The normalized spacial score (nSPS) is 11.3. The van der Waals surface area contributed by atoms with Crippen LogP contribution in [0.2, 0.25) is 5.02 Å². The smallest absolute Gasteiger partial charge is 0.350 e. The zero-order valence-corrected chi connectivity index (χ0v) is 15.1. The van der Waals surface area contributed by atoms with Crippen LogP contribution in [0.3, 0.4) is 0 Å². The molecule has 0 atom stereocenters. The lowest BCUT2D eigenvalue weighted by atomic mass is 10.2. The van der Waals surface area contributed by atoms with E-state index in [1.165, 1.54) is 6.07 Å². The van der Waals surface area contributed by atoms with Crippen molar-refractivity contribution >= 4 is 29.1 Å². The summed E-state index contributed by atoms with van der Waals surface area (Å²) in [5.74, 6) is 0.743. The molecule has 140 valence electrons. The maximum absolute atomic E-state index is 12.9. The number of alkyl halides is 3. The maximum Gasteiger partial charge on any atom is 0.416 e. The molecule has 0 aliphatic heterocycles. The van der Waals surface area contributed by atoms with E-state index in [0.29, 0.717) is 34.7 Å². The van der Waals surface area contributed by atoms with E-state index in [2.05, 4.69) is 20.6 Å². The second-order valence-electron chi connectivity index (χ2n) is 5.87. The lowest BCUT2D eigenvalue weighted by molar-refractivity contribution is -0.137. The molecule has 0 unspecified atom stereocenters. The second kappa shape index (κ2) is 7.84. The Bertz CT molecular complexity index is 944. The Hall–Kier alpha value is -2.80. The monoisotopic (exact) mass is 392 g/mol. The SMILES string of the molecule is Cc1cc(Nc2cccc(C(F)(F)F)c2)nc(NCc2ccccc2Cl)n1. The van der Waals surface area contributed by atoms with Gasteiger partial charge in [-0.25, -0.2) is 4.98 Å². The summed E-state index contributed by atoms with van der Waals surface area (Å²) in [6, 6.07) is 14.0. The van der Waals surface area contributed by atoms with Crippen molar-refractivity contribution < 1.29 is 13.2 Å². The van der Waals surface area contributed by atoms with Crippen molar-refractivity contribution in [2.24, 2.45) is 0 Å². The van der Waals surface area contributed by atoms with Crippen LogP contribution in [0.1, 0.15) is 16.8 Å². The van der Waals surface area contributed by atoms with Gasteiger partial charge in [0.15, 0.2) is 0 Å². The number of benzene rings is 2. The molecule has 1 heterocycles. The summed E-state index contributed by atoms with van der Waals surface area (Å²) in [5, 5.41) is 6.59. The zero-order valence-electron chi connectivity index (χ0n) is 14.3. The van der Waals surface area contributed by atoms with Gasteiger partial charge in [0.25, 0.3) is 0 Å². The van der Waals surface area contributed by atoms with Crippen LogP contribution in [0.4, 0.5) is 30.6 Å². The standard InChI is InChI=1S/C19H16ClF3N4/c1-12-9-17(26-15-7-4-6-14(10-15)19(21,22)23)27-18(25-12)24-11-13-5-2-3-8-16(13)20/h2-10H,11H2,1H3,(H2,24,25,26,27). The lowest BCUT2D eigenvalue weighted by Crippen LogP contribution is -2.07. The second-order valence-corrected chi connectivity index (χ2v) is 6.27. The van der Waals surface area contributed by atoms with Crippen molar-refractivity contribution in [2.75, 3.05) is 10.6 Å². The van der Waals surface area contributed by atoms with Gasteiger partial charge < -0.3 is 10.6 Å². The van der Waals surface area contributed by atoms with Crippen molar-refractivity contribution in [3.63, 3.8) is 0 Å². The molecule has 0 fully saturated rings. The molecule has 2 N–H and O–H groups in total. The van der Waals surface area contributed by atoms with E-state index >= 15 is 0 Å². The van der Waals surface area contributed by atoms with Gasteiger partial charge in [-0.3, -0.25) is 0 Å². The van der Waals surface area contributed by atoms with E-state index in [0.717, 1.165) is 17.7 Å². The molecule has 1 aromatic heterocycles. The van der Waals surface area contributed by atoms with Gasteiger partial charge in [-0.15, -0.1) is 0 Å². The van der Waals surface area contributed by atoms with Crippen LogP contribution in [0.25, 0.3) is 0 Å². The highest BCUT2D eigenvalue weighted by Crippen LogP contribution is 2.31. The largest absolute Gasteiger partial charge is 0.416 e. The summed E-state index contributed by atoms with van der Waals surface area (Å²) >= 11 is 6.13. The van der Waals surface area contributed by atoms with Gasteiger partial charge in [0.2, 0.25) is 5.95 Å². The van der Waals surface area contributed by atoms with E-state index in [9.17, 15) is 13.2 Å². The minimum Gasteiger partial charge on any atom is -0.350 e. The number of aromatic nitrogens is 2. The van der Waals surface area contributed by atoms with Crippen LogP contribution in [-0.4, -0.2) is 9.97 Å². The Balaban J connectivity index is 1.77. The number of anilines is 3. The first-order valence-electron chi connectivity index (χ1n) is 8.08. The molecule has 0 saturated heterocycles. The lowest BCUT2D eigenvalue weighted by Gasteiger charge is -2.12. The van der Waals surface area contributed by atoms with E-state index in [1.807, 2.05) is 18.2 Å². The molecule has 3 aromatic rings. The van der Waals surface area contributed by atoms with Gasteiger partial charge in [-0.2, -0.15) is 18.2 Å². The molecule has 0 aliphatic carbocycles. The van der Waals surface area contributed by atoms with E-state index < -0.39 is 11.7 Å². The molecule has 2 aromatic carbocycles. The molecule has 27 heavy (non-hydrogen) atoms. The van der Waals surface area contributed by atoms with Crippen molar-refractivity contribution in [1.29, 1.82) is 0 Å². The number of nitrogens with zero attached hydrogens (tertiary/aromatic N) is 2. The van der Waals surface area contributed by atoms with E-state index in [-0.39, 0.29) is 0 Å². The Morgan fingerprint density at radius 1 is 1.00 bits per heavy atom. The summed E-state index contributed by atoms with van der Waals surface area (Å²) in [6.45, 7) is 2.20.